The predicted octanol–water partition coefficient (Wildman–Crippen LogP) is 0.616. The lowest BCUT2D eigenvalue weighted by Crippen LogP contribution is -2.46. The zero-order valence-corrected chi connectivity index (χ0v) is 10.3. The highest BCUT2D eigenvalue weighted by molar-refractivity contribution is 5.93. The van der Waals surface area contributed by atoms with E-state index < -0.39 is 5.97 Å². The largest absolute Gasteiger partial charge is 0.478 e. The molecule has 2 N–H and O–H groups in total. The first kappa shape index (κ1) is 13.7. The molecule has 1 aliphatic heterocycles. The summed E-state index contributed by atoms with van der Waals surface area (Å²) in [5, 5.41) is 11.2. The van der Waals surface area contributed by atoms with Gasteiger partial charge < -0.3 is 15.3 Å². The van der Waals surface area contributed by atoms with Gasteiger partial charge in [-0.05, 0) is 26.7 Å². The van der Waals surface area contributed by atoms with E-state index in [9.17, 15) is 9.59 Å². The van der Waals surface area contributed by atoms with Crippen molar-refractivity contribution < 1.29 is 14.7 Å². The zero-order chi connectivity index (χ0) is 12.8. The number of piperidine rings is 1. The van der Waals surface area contributed by atoms with Crippen LogP contribution in [0.1, 0.15) is 26.7 Å². The Kier molecular flexibility index (Phi) is 5.15. The SMILES string of the molecule is CC(C)N1CCC(NC(=O)/C=C/C(=O)O)CC1. The summed E-state index contributed by atoms with van der Waals surface area (Å²) in [4.78, 5) is 24.0. The minimum absolute atomic E-state index is 0.163. The first-order chi connectivity index (χ1) is 7.99. The molecule has 1 amide bonds. The van der Waals surface area contributed by atoms with Gasteiger partial charge in [0.05, 0.1) is 0 Å². The van der Waals surface area contributed by atoms with Crippen molar-refractivity contribution in [2.75, 3.05) is 13.1 Å². The molecule has 5 nitrogen and oxygen atoms in total. The molecule has 0 aromatic rings. The maximum Gasteiger partial charge on any atom is 0.328 e. The summed E-state index contributed by atoms with van der Waals surface area (Å²) in [7, 11) is 0. The molecular weight excluding hydrogens is 220 g/mol. The monoisotopic (exact) mass is 240 g/mol. The molecule has 1 aliphatic rings. The summed E-state index contributed by atoms with van der Waals surface area (Å²) in [6, 6.07) is 0.703. The second-order valence-electron chi connectivity index (χ2n) is 4.58. The molecule has 0 atom stereocenters. The third-order valence-electron chi connectivity index (χ3n) is 2.98. The molecule has 5 heteroatoms. The predicted molar refractivity (Wildman–Crippen MR) is 64.6 cm³/mol. The number of nitrogens with one attached hydrogen (secondary N) is 1. The van der Waals surface area contributed by atoms with Gasteiger partial charge >= 0.3 is 5.97 Å². The number of aliphatic carboxylic acids is 1. The number of likely N-dealkylation sites (tertiary alicyclic amines) is 1. The normalized spacial score (nSPS) is 18.8. The van der Waals surface area contributed by atoms with Crippen molar-refractivity contribution in [1.29, 1.82) is 0 Å². The minimum atomic E-state index is -1.10. The third-order valence-corrected chi connectivity index (χ3v) is 2.98. The Labute approximate surface area is 101 Å². The van der Waals surface area contributed by atoms with Gasteiger partial charge in [-0.15, -0.1) is 0 Å². The van der Waals surface area contributed by atoms with Crippen molar-refractivity contribution in [2.45, 2.75) is 38.8 Å². The second kappa shape index (κ2) is 6.39. The lowest BCUT2D eigenvalue weighted by Gasteiger charge is -2.34. The number of carbonyl (C=O) groups is 2. The highest BCUT2D eigenvalue weighted by Crippen LogP contribution is 2.12. The Balaban J connectivity index is 2.31. The molecule has 0 aromatic heterocycles. The summed E-state index contributed by atoms with van der Waals surface area (Å²) in [5.74, 6) is -1.43. The van der Waals surface area contributed by atoms with Gasteiger partial charge in [-0.2, -0.15) is 0 Å². The number of hydrogen-bond acceptors (Lipinski definition) is 3. The maximum atomic E-state index is 11.4. The molecule has 96 valence electrons. The molecule has 0 aromatic carbocycles. The van der Waals surface area contributed by atoms with Crippen LogP contribution in [0.4, 0.5) is 0 Å². The van der Waals surface area contributed by atoms with E-state index in [-0.39, 0.29) is 11.9 Å². The first-order valence-corrected chi connectivity index (χ1v) is 5.94. The van der Waals surface area contributed by atoms with Crippen LogP contribution in [0.5, 0.6) is 0 Å². The van der Waals surface area contributed by atoms with Crippen LogP contribution in [-0.4, -0.2) is 47.1 Å². The Morgan fingerprint density at radius 1 is 1.29 bits per heavy atom. The van der Waals surface area contributed by atoms with E-state index in [0.29, 0.717) is 6.04 Å². The fourth-order valence-corrected chi connectivity index (χ4v) is 1.96. The van der Waals surface area contributed by atoms with E-state index in [2.05, 4.69) is 24.1 Å². The van der Waals surface area contributed by atoms with Crippen molar-refractivity contribution >= 4 is 11.9 Å². The van der Waals surface area contributed by atoms with Crippen LogP contribution in [0.3, 0.4) is 0 Å². The molecule has 0 saturated carbocycles. The highest BCUT2D eigenvalue weighted by Gasteiger charge is 2.21. The number of carboxylic acids is 1. The van der Waals surface area contributed by atoms with Crippen molar-refractivity contribution in [2.24, 2.45) is 0 Å². The van der Waals surface area contributed by atoms with Crippen LogP contribution in [0, 0.1) is 0 Å². The fourth-order valence-electron chi connectivity index (χ4n) is 1.96. The molecule has 1 heterocycles. The zero-order valence-electron chi connectivity index (χ0n) is 10.3. The summed E-state index contributed by atoms with van der Waals surface area (Å²) < 4.78 is 0. The number of hydrogen-bond donors (Lipinski definition) is 2. The fraction of sp³-hybridized carbons (Fsp3) is 0.667. The Morgan fingerprint density at radius 2 is 1.88 bits per heavy atom. The molecule has 0 aliphatic carbocycles. The van der Waals surface area contributed by atoms with E-state index in [1.54, 1.807) is 0 Å². The Morgan fingerprint density at radius 3 is 2.35 bits per heavy atom. The second-order valence-corrected chi connectivity index (χ2v) is 4.58. The smallest absolute Gasteiger partial charge is 0.328 e. The van der Waals surface area contributed by atoms with E-state index in [1.165, 1.54) is 0 Å². The van der Waals surface area contributed by atoms with Gasteiger partial charge in [0, 0.05) is 37.3 Å². The average Bonchev–Trinajstić information content (AvgIpc) is 2.27. The van der Waals surface area contributed by atoms with Crippen LogP contribution in [-0.2, 0) is 9.59 Å². The lowest BCUT2D eigenvalue weighted by atomic mass is 10.0. The molecule has 0 unspecified atom stereocenters. The summed E-state index contributed by atoms with van der Waals surface area (Å²) in [5.41, 5.74) is 0. The third kappa shape index (κ3) is 4.99. The molecule has 0 bridgehead atoms. The van der Waals surface area contributed by atoms with Crippen LogP contribution in [0.2, 0.25) is 0 Å². The van der Waals surface area contributed by atoms with Gasteiger partial charge in [-0.3, -0.25) is 4.79 Å². The van der Waals surface area contributed by atoms with Gasteiger partial charge in [0.1, 0.15) is 0 Å². The van der Waals surface area contributed by atoms with Crippen LogP contribution in [0.15, 0.2) is 12.2 Å². The van der Waals surface area contributed by atoms with Crippen LogP contribution in [0.25, 0.3) is 0 Å². The van der Waals surface area contributed by atoms with Crippen molar-refractivity contribution in [3.63, 3.8) is 0 Å². The number of nitrogens with zero attached hydrogens (tertiary/aromatic N) is 1. The highest BCUT2D eigenvalue weighted by atomic mass is 16.4. The van der Waals surface area contributed by atoms with Crippen LogP contribution >= 0.6 is 0 Å². The molecule has 1 rings (SSSR count). The number of rotatable bonds is 4. The minimum Gasteiger partial charge on any atom is -0.478 e. The van der Waals surface area contributed by atoms with E-state index in [0.717, 1.165) is 38.1 Å². The van der Waals surface area contributed by atoms with Gasteiger partial charge in [0.2, 0.25) is 5.91 Å². The quantitative estimate of drug-likeness (QED) is 0.707. The van der Waals surface area contributed by atoms with Gasteiger partial charge in [0.15, 0.2) is 0 Å². The van der Waals surface area contributed by atoms with Crippen LogP contribution < -0.4 is 5.32 Å². The molecule has 1 fully saturated rings. The van der Waals surface area contributed by atoms with Crippen molar-refractivity contribution in [3.05, 3.63) is 12.2 Å². The van der Waals surface area contributed by atoms with Gasteiger partial charge in [-0.1, -0.05) is 0 Å². The van der Waals surface area contributed by atoms with Crippen molar-refractivity contribution in [3.8, 4) is 0 Å². The summed E-state index contributed by atoms with van der Waals surface area (Å²) in [6.07, 6.45) is 3.77. The first-order valence-electron chi connectivity index (χ1n) is 5.94. The summed E-state index contributed by atoms with van der Waals surface area (Å²) >= 11 is 0. The molecule has 17 heavy (non-hydrogen) atoms. The van der Waals surface area contributed by atoms with E-state index in [4.69, 9.17) is 5.11 Å². The lowest BCUT2D eigenvalue weighted by molar-refractivity contribution is -0.131. The molecule has 0 spiro atoms. The van der Waals surface area contributed by atoms with E-state index >= 15 is 0 Å². The number of amides is 1. The average molecular weight is 240 g/mol. The number of carbonyl (C=O) groups excluding carboxylic acids is 1. The van der Waals surface area contributed by atoms with Gasteiger partial charge in [-0.25, -0.2) is 4.79 Å². The standard InChI is InChI=1S/C12H20N2O3/c1-9(2)14-7-5-10(6-8-14)13-11(15)3-4-12(16)17/h3-4,9-10H,5-8H2,1-2H3,(H,13,15)(H,16,17)/b4-3+. The Bertz CT molecular complexity index is 305. The molecule has 1 saturated heterocycles. The Hall–Kier alpha value is -1.36. The molecular formula is C12H20N2O3. The molecule has 0 radical (unpaired) electrons. The summed E-state index contributed by atoms with van der Waals surface area (Å²) in [6.45, 7) is 6.28. The van der Waals surface area contributed by atoms with E-state index in [1.807, 2.05) is 0 Å². The topological polar surface area (TPSA) is 69.6 Å². The van der Waals surface area contributed by atoms with Gasteiger partial charge in [0.25, 0.3) is 0 Å². The maximum absolute atomic E-state index is 11.4. The number of carboxylic acid groups (broad SMARTS) is 1. The van der Waals surface area contributed by atoms with Crippen molar-refractivity contribution in [1.82, 2.24) is 10.2 Å².